The quantitative estimate of drug-likeness (QED) is 0.574. The Kier molecular flexibility index (Phi) is 4.99. The van der Waals surface area contributed by atoms with Gasteiger partial charge in [0, 0.05) is 13.7 Å². The summed E-state index contributed by atoms with van der Waals surface area (Å²) in [6, 6.07) is -0.481. The van der Waals surface area contributed by atoms with Crippen LogP contribution in [0, 0.1) is 13.8 Å². The summed E-state index contributed by atoms with van der Waals surface area (Å²) in [5.41, 5.74) is 2.21. The number of aromatic nitrogens is 2. The number of fused-ring (bicyclic) bond motifs is 3. The fourth-order valence-electron chi connectivity index (χ4n) is 4.74. The molecule has 1 aliphatic carbocycles. The van der Waals surface area contributed by atoms with Crippen LogP contribution < -0.4 is 4.57 Å². The summed E-state index contributed by atoms with van der Waals surface area (Å²) in [5, 5.41) is 0. The molecular formula is C20H30N5O3+. The number of aliphatic imine (C=N–C) groups is 1. The number of likely N-dealkylation sites (N-methyl/N-ethyl adjacent to an activating group) is 1. The van der Waals surface area contributed by atoms with Crippen molar-refractivity contribution in [1.82, 2.24) is 14.4 Å². The van der Waals surface area contributed by atoms with E-state index in [2.05, 4.69) is 11.5 Å². The number of amides is 3. The summed E-state index contributed by atoms with van der Waals surface area (Å²) in [7, 11) is 1.70. The lowest BCUT2D eigenvalue weighted by Crippen LogP contribution is -2.63. The number of hydrogen-bond acceptors (Lipinski definition) is 4. The lowest BCUT2D eigenvalue weighted by atomic mass is 9.95. The summed E-state index contributed by atoms with van der Waals surface area (Å²) in [5.74, 6) is 1.13. The predicted octanol–water partition coefficient (Wildman–Crippen LogP) is 2.41. The van der Waals surface area contributed by atoms with Gasteiger partial charge in [-0.15, -0.1) is 0 Å². The summed E-state index contributed by atoms with van der Waals surface area (Å²) < 4.78 is 9.70. The van der Waals surface area contributed by atoms with E-state index in [4.69, 9.17) is 9.73 Å². The van der Waals surface area contributed by atoms with Gasteiger partial charge in [-0.05, 0) is 46.5 Å². The zero-order valence-electron chi connectivity index (χ0n) is 17.3. The fourth-order valence-corrected chi connectivity index (χ4v) is 4.74. The van der Waals surface area contributed by atoms with E-state index in [9.17, 15) is 9.59 Å². The van der Waals surface area contributed by atoms with Crippen LogP contribution in [0.5, 0.6) is 0 Å². The van der Waals surface area contributed by atoms with Gasteiger partial charge in [-0.25, -0.2) is 13.9 Å². The van der Waals surface area contributed by atoms with Gasteiger partial charge >= 0.3 is 12.0 Å². The molecule has 1 atom stereocenters. The lowest BCUT2D eigenvalue weighted by molar-refractivity contribution is -0.683. The average Bonchev–Trinajstić information content (AvgIpc) is 3.19. The van der Waals surface area contributed by atoms with E-state index in [0.717, 1.165) is 30.2 Å². The van der Waals surface area contributed by atoms with Crippen LogP contribution in [-0.4, -0.2) is 58.9 Å². The molecule has 1 saturated heterocycles. The van der Waals surface area contributed by atoms with E-state index >= 15 is 0 Å². The van der Waals surface area contributed by atoms with Gasteiger partial charge in [-0.2, -0.15) is 0 Å². The van der Waals surface area contributed by atoms with Gasteiger partial charge in [-0.1, -0.05) is 11.4 Å². The number of ether oxygens (including phenoxy) is 1. The van der Waals surface area contributed by atoms with Crippen molar-refractivity contribution in [2.45, 2.75) is 65.0 Å². The van der Waals surface area contributed by atoms with Gasteiger partial charge in [0.25, 0.3) is 5.91 Å². The van der Waals surface area contributed by atoms with Gasteiger partial charge < -0.3 is 4.74 Å². The van der Waals surface area contributed by atoms with Crippen molar-refractivity contribution in [3.63, 3.8) is 0 Å². The Hall–Kier alpha value is -2.22. The molecule has 4 rings (SSSR count). The molecule has 2 fully saturated rings. The summed E-state index contributed by atoms with van der Waals surface area (Å²) >= 11 is 0. The molecule has 3 heterocycles. The maximum absolute atomic E-state index is 13.3. The van der Waals surface area contributed by atoms with Crippen molar-refractivity contribution in [2.24, 2.45) is 4.99 Å². The van der Waals surface area contributed by atoms with Crippen LogP contribution in [0.4, 0.5) is 10.7 Å². The Balaban J connectivity index is 1.74. The second-order valence-electron chi connectivity index (χ2n) is 7.90. The van der Waals surface area contributed by atoms with Crippen LogP contribution in [0.25, 0.3) is 0 Å². The Morgan fingerprint density at radius 3 is 2.57 bits per heavy atom. The highest BCUT2D eigenvalue weighted by atomic mass is 16.5. The first kappa shape index (κ1) is 19.1. The average molecular weight is 388 g/mol. The van der Waals surface area contributed by atoms with Crippen molar-refractivity contribution >= 4 is 23.7 Å². The van der Waals surface area contributed by atoms with Crippen LogP contribution in [0.2, 0.25) is 0 Å². The normalized spacial score (nSPS) is 22.6. The molecule has 8 nitrogen and oxygen atoms in total. The first-order chi connectivity index (χ1) is 13.5. The van der Waals surface area contributed by atoms with Crippen LogP contribution >= 0.6 is 0 Å². The van der Waals surface area contributed by atoms with Crippen LogP contribution in [0.1, 0.15) is 62.5 Å². The molecule has 3 amide bonds. The van der Waals surface area contributed by atoms with Gasteiger partial charge in [0.15, 0.2) is 0 Å². The number of amidine groups is 1. The predicted molar refractivity (Wildman–Crippen MR) is 104 cm³/mol. The molecule has 0 bridgehead atoms. The Bertz CT molecular complexity index is 837. The van der Waals surface area contributed by atoms with Crippen molar-refractivity contribution < 1.29 is 18.9 Å². The first-order valence-corrected chi connectivity index (χ1v) is 10.4. The summed E-state index contributed by atoms with van der Waals surface area (Å²) in [4.78, 5) is 33.7. The first-order valence-electron chi connectivity index (χ1n) is 10.4. The second-order valence-corrected chi connectivity index (χ2v) is 7.90. The van der Waals surface area contributed by atoms with E-state index in [0.29, 0.717) is 25.1 Å². The molecule has 0 spiro atoms. The van der Waals surface area contributed by atoms with Crippen molar-refractivity contribution in [3.05, 3.63) is 11.4 Å². The standard InChI is InChI=1S/C20H30N5O3/c1-5-28-12-11-23-18(26)16-17(22(4)20(23)27)21-19-24(13(2)14(3)25(16)19)15-9-7-6-8-10-15/h15-16H,5-12H2,1-4H3/q+1. The SMILES string of the molecule is CCOCCN1C(=O)C2C(=Nc3n(C4CCCCC4)c(C)c(C)[n+]32)N(C)C1=O. The number of rotatable bonds is 5. The molecule has 2 aliphatic heterocycles. The third-order valence-corrected chi connectivity index (χ3v) is 6.36. The molecule has 3 aliphatic rings. The van der Waals surface area contributed by atoms with E-state index in [-0.39, 0.29) is 18.5 Å². The number of carbonyl (C=O) groups excluding carboxylic acids is 2. The zero-order valence-corrected chi connectivity index (χ0v) is 17.3. The third-order valence-electron chi connectivity index (χ3n) is 6.36. The Labute approximate surface area is 165 Å². The van der Waals surface area contributed by atoms with E-state index in [1.807, 2.05) is 18.4 Å². The minimum Gasteiger partial charge on any atom is -0.380 e. The minimum absolute atomic E-state index is 0.214. The fraction of sp³-hybridized carbons (Fsp3) is 0.700. The molecule has 0 radical (unpaired) electrons. The highest BCUT2D eigenvalue weighted by Gasteiger charge is 2.54. The number of imidazole rings is 1. The highest BCUT2D eigenvalue weighted by molar-refractivity contribution is 6.19. The topological polar surface area (TPSA) is 71.0 Å². The van der Waals surface area contributed by atoms with Gasteiger partial charge in [-0.3, -0.25) is 14.6 Å². The highest BCUT2D eigenvalue weighted by Crippen LogP contribution is 2.37. The van der Waals surface area contributed by atoms with Gasteiger partial charge in [0.1, 0.15) is 11.4 Å². The Morgan fingerprint density at radius 2 is 1.89 bits per heavy atom. The Morgan fingerprint density at radius 1 is 1.18 bits per heavy atom. The van der Waals surface area contributed by atoms with Gasteiger partial charge in [0.05, 0.1) is 19.2 Å². The summed E-state index contributed by atoms with van der Waals surface area (Å²) in [6.45, 7) is 7.22. The van der Waals surface area contributed by atoms with Crippen LogP contribution in [0.3, 0.4) is 0 Å². The minimum atomic E-state index is -0.567. The molecule has 28 heavy (non-hydrogen) atoms. The monoisotopic (exact) mass is 388 g/mol. The number of nitrogens with zero attached hydrogens (tertiary/aromatic N) is 5. The summed E-state index contributed by atoms with van der Waals surface area (Å²) in [6.07, 6.45) is 6.01. The van der Waals surface area contributed by atoms with Crippen molar-refractivity contribution in [1.29, 1.82) is 0 Å². The number of carbonyl (C=O) groups is 2. The van der Waals surface area contributed by atoms with Crippen LogP contribution in [0.15, 0.2) is 4.99 Å². The molecule has 1 saturated carbocycles. The number of urea groups is 1. The van der Waals surface area contributed by atoms with Crippen molar-refractivity contribution in [2.75, 3.05) is 26.8 Å². The van der Waals surface area contributed by atoms with E-state index in [1.54, 1.807) is 7.05 Å². The lowest BCUT2D eigenvalue weighted by Gasteiger charge is -2.33. The molecule has 8 heteroatoms. The maximum atomic E-state index is 13.3. The third kappa shape index (κ3) is 2.77. The second kappa shape index (κ2) is 7.31. The number of hydrogen-bond donors (Lipinski definition) is 0. The molecule has 152 valence electrons. The smallest absolute Gasteiger partial charge is 0.380 e. The molecule has 1 aromatic rings. The molecule has 0 aromatic carbocycles. The largest absolute Gasteiger partial charge is 0.402 e. The van der Waals surface area contributed by atoms with Crippen LogP contribution in [-0.2, 0) is 9.53 Å². The zero-order chi connectivity index (χ0) is 20.0. The maximum Gasteiger partial charge on any atom is 0.402 e. The molecule has 1 aromatic heterocycles. The van der Waals surface area contributed by atoms with E-state index < -0.39 is 6.04 Å². The van der Waals surface area contributed by atoms with E-state index in [1.165, 1.54) is 29.1 Å². The molecule has 0 N–H and O–H groups in total. The number of imide groups is 1. The molecule has 1 unspecified atom stereocenters. The van der Waals surface area contributed by atoms with Gasteiger partial charge in [0.2, 0.25) is 11.9 Å². The molecular weight excluding hydrogens is 358 g/mol. The van der Waals surface area contributed by atoms with Crippen molar-refractivity contribution in [3.8, 4) is 0 Å².